The minimum atomic E-state index is 0.726. The summed E-state index contributed by atoms with van der Waals surface area (Å²) in [6.07, 6.45) is 7.75. The van der Waals surface area contributed by atoms with Crippen LogP contribution in [0.3, 0.4) is 0 Å². The SMILES string of the molecule is C#CCCNCc1ncc(C)c(OC)c1C. The Labute approximate surface area is 97.2 Å². The predicted molar refractivity (Wildman–Crippen MR) is 65.4 cm³/mol. The van der Waals surface area contributed by atoms with E-state index in [1.165, 1.54) is 0 Å². The highest BCUT2D eigenvalue weighted by atomic mass is 16.5. The van der Waals surface area contributed by atoms with Crippen molar-refractivity contribution in [3.8, 4) is 18.1 Å². The Morgan fingerprint density at radius 1 is 1.50 bits per heavy atom. The number of hydrogen-bond donors (Lipinski definition) is 1. The first-order valence-corrected chi connectivity index (χ1v) is 5.34. The van der Waals surface area contributed by atoms with Crippen molar-refractivity contribution in [2.45, 2.75) is 26.8 Å². The van der Waals surface area contributed by atoms with Crippen molar-refractivity contribution < 1.29 is 4.74 Å². The smallest absolute Gasteiger partial charge is 0.128 e. The first kappa shape index (κ1) is 12.5. The first-order chi connectivity index (χ1) is 7.70. The van der Waals surface area contributed by atoms with Crippen LogP contribution in [0.4, 0.5) is 0 Å². The molecule has 0 saturated heterocycles. The number of rotatable bonds is 5. The summed E-state index contributed by atoms with van der Waals surface area (Å²) in [5.74, 6) is 3.51. The van der Waals surface area contributed by atoms with Crippen LogP contribution in [-0.2, 0) is 6.54 Å². The van der Waals surface area contributed by atoms with E-state index in [1.54, 1.807) is 7.11 Å². The molecule has 1 rings (SSSR count). The fraction of sp³-hybridized carbons (Fsp3) is 0.462. The summed E-state index contributed by atoms with van der Waals surface area (Å²) in [6.45, 7) is 5.56. The number of aryl methyl sites for hydroxylation is 1. The number of nitrogens with zero attached hydrogens (tertiary/aromatic N) is 1. The minimum Gasteiger partial charge on any atom is -0.496 e. The molecular weight excluding hydrogens is 200 g/mol. The zero-order valence-corrected chi connectivity index (χ0v) is 10.1. The molecule has 0 bridgehead atoms. The van der Waals surface area contributed by atoms with Gasteiger partial charge in [0.25, 0.3) is 0 Å². The third-order valence-electron chi connectivity index (χ3n) is 2.49. The molecule has 0 aliphatic rings. The van der Waals surface area contributed by atoms with Gasteiger partial charge in [-0.05, 0) is 13.8 Å². The lowest BCUT2D eigenvalue weighted by Crippen LogP contribution is -2.16. The summed E-state index contributed by atoms with van der Waals surface area (Å²) < 4.78 is 5.34. The lowest BCUT2D eigenvalue weighted by molar-refractivity contribution is 0.406. The molecule has 16 heavy (non-hydrogen) atoms. The molecule has 86 valence electrons. The van der Waals surface area contributed by atoms with E-state index in [9.17, 15) is 0 Å². The molecule has 0 fully saturated rings. The Kier molecular flexibility index (Phi) is 4.81. The fourth-order valence-corrected chi connectivity index (χ4v) is 1.62. The lowest BCUT2D eigenvalue weighted by Gasteiger charge is -2.12. The molecule has 3 nitrogen and oxygen atoms in total. The van der Waals surface area contributed by atoms with Crippen LogP contribution in [0.25, 0.3) is 0 Å². The molecule has 0 saturated carbocycles. The van der Waals surface area contributed by atoms with E-state index in [0.29, 0.717) is 0 Å². The molecule has 0 unspecified atom stereocenters. The van der Waals surface area contributed by atoms with Crippen LogP contribution in [0.2, 0.25) is 0 Å². The van der Waals surface area contributed by atoms with E-state index in [4.69, 9.17) is 11.2 Å². The van der Waals surface area contributed by atoms with Crippen molar-refractivity contribution in [1.29, 1.82) is 0 Å². The number of aromatic nitrogens is 1. The summed E-state index contributed by atoms with van der Waals surface area (Å²) in [5.41, 5.74) is 3.17. The van der Waals surface area contributed by atoms with Gasteiger partial charge in [-0.25, -0.2) is 0 Å². The second-order valence-corrected chi connectivity index (χ2v) is 3.68. The summed E-state index contributed by atoms with van der Waals surface area (Å²) in [5, 5.41) is 3.25. The molecule has 0 amide bonds. The quantitative estimate of drug-likeness (QED) is 0.604. The maximum atomic E-state index is 5.34. The maximum absolute atomic E-state index is 5.34. The Hall–Kier alpha value is -1.53. The van der Waals surface area contributed by atoms with Crippen molar-refractivity contribution in [3.05, 3.63) is 23.0 Å². The molecule has 3 heteroatoms. The van der Waals surface area contributed by atoms with Crippen LogP contribution < -0.4 is 10.1 Å². The minimum absolute atomic E-state index is 0.726. The Morgan fingerprint density at radius 2 is 2.25 bits per heavy atom. The average Bonchev–Trinajstić information content (AvgIpc) is 2.28. The van der Waals surface area contributed by atoms with Crippen molar-refractivity contribution in [2.75, 3.05) is 13.7 Å². The number of hydrogen-bond acceptors (Lipinski definition) is 3. The highest BCUT2D eigenvalue weighted by Gasteiger charge is 2.08. The molecule has 1 heterocycles. The van der Waals surface area contributed by atoms with Gasteiger partial charge in [-0.1, -0.05) is 0 Å². The van der Waals surface area contributed by atoms with Crippen LogP contribution in [0.5, 0.6) is 5.75 Å². The number of pyridine rings is 1. The topological polar surface area (TPSA) is 34.2 Å². The van der Waals surface area contributed by atoms with Crippen molar-refractivity contribution in [1.82, 2.24) is 10.3 Å². The molecule has 1 N–H and O–H groups in total. The fourth-order valence-electron chi connectivity index (χ4n) is 1.62. The third-order valence-corrected chi connectivity index (χ3v) is 2.49. The molecule has 0 radical (unpaired) electrons. The molecule has 0 atom stereocenters. The van der Waals surface area contributed by atoms with Gasteiger partial charge < -0.3 is 10.1 Å². The van der Waals surface area contributed by atoms with Crippen LogP contribution >= 0.6 is 0 Å². The lowest BCUT2D eigenvalue weighted by atomic mass is 10.1. The van der Waals surface area contributed by atoms with Gasteiger partial charge in [0.05, 0.1) is 12.8 Å². The van der Waals surface area contributed by atoms with Crippen LogP contribution in [0.1, 0.15) is 23.2 Å². The molecule has 0 aliphatic carbocycles. The highest BCUT2D eigenvalue weighted by molar-refractivity contribution is 5.40. The van der Waals surface area contributed by atoms with Crippen LogP contribution in [-0.4, -0.2) is 18.6 Å². The molecular formula is C13H18N2O. The number of terminal acetylenes is 1. The average molecular weight is 218 g/mol. The maximum Gasteiger partial charge on any atom is 0.128 e. The molecule has 0 spiro atoms. The largest absolute Gasteiger partial charge is 0.496 e. The third kappa shape index (κ3) is 2.98. The van der Waals surface area contributed by atoms with Gasteiger partial charge in [0.1, 0.15) is 5.75 Å². The molecule has 0 aromatic carbocycles. The Bertz CT molecular complexity index is 394. The van der Waals surface area contributed by atoms with Gasteiger partial charge >= 0.3 is 0 Å². The number of nitrogens with one attached hydrogen (secondary N) is 1. The second-order valence-electron chi connectivity index (χ2n) is 3.68. The summed E-state index contributed by atoms with van der Waals surface area (Å²) in [7, 11) is 1.69. The zero-order valence-electron chi connectivity index (χ0n) is 10.1. The summed E-state index contributed by atoms with van der Waals surface area (Å²) in [4.78, 5) is 4.39. The number of methoxy groups -OCH3 is 1. The Morgan fingerprint density at radius 3 is 2.88 bits per heavy atom. The zero-order chi connectivity index (χ0) is 12.0. The summed E-state index contributed by atoms with van der Waals surface area (Å²) >= 11 is 0. The van der Waals surface area contributed by atoms with Crippen molar-refractivity contribution >= 4 is 0 Å². The van der Waals surface area contributed by atoms with E-state index in [0.717, 1.165) is 42.1 Å². The van der Waals surface area contributed by atoms with Crippen LogP contribution in [0.15, 0.2) is 6.20 Å². The van der Waals surface area contributed by atoms with Crippen LogP contribution in [0, 0.1) is 26.2 Å². The summed E-state index contributed by atoms with van der Waals surface area (Å²) in [6, 6.07) is 0. The van der Waals surface area contributed by atoms with Gasteiger partial charge in [-0.3, -0.25) is 4.98 Å². The standard InChI is InChI=1S/C13H18N2O/c1-5-6-7-14-9-12-11(3)13(16-4)10(2)8-15-12/h1,8,14H,6-7,9H2,2-4H3. The van der Waals surface area contributed by atoms with E-state index >= 15 is 0 Å². The van der Waals surface area contributed by atoms with Gasteiger partial charge in [0.2, 0.25) is 0 Å². The van der Waals surface area contributed by atoms with Gasteiger partial charge in [-0.15, -0.1) is 12.3 Å². The van der Waals surface area contributed by atoms with Gasteiger partial charge in [0.15, 0.2) is 0 Å². The molecule has 1 aromatic rings. The second kappa shape index (κ2) is 6.14. The van der Waals surface area contributed by atoms with E-state index in [1.807, 2.05) is 20.0 Å². The predicted octanol–water partition coefficient (Wildman–Crippen LogP) is 1.82. The van der Waals surface area contributed by atoms with E-state index in [2.05, 4.69) is 16.2 Å². The highest BCUT2D eigenvalue weighted by Crippen LogP contribution is 2.23. The van der Waals surface area contributed by atoms with Crippen molar-refractivity contribution in [2.24, 2.45) is 0 Å². The first-order valence-electron chi connectivity index (χ1n) is 5.34. The van der Waals surface area contributed by atoms with Crippen molar-refractivity contribution in [3.63, 3.8) is 0 Å². The van der Waals surface area contributed by atoms with Gasteiger partial charge in [-0.2, -0.15) is 0 Å². The molecule has 0 aliphatic heterocycles. The normalized spacial score (nSPS) is 9.88. The van der Waals surface area contributed by atoms with E-state index < -0.39 is 0 Å². The van der Waals surface area contributed by atoms with Gasteiger partial charge in [0, 0.05) is 36.8 Å². The molecule has 1 aromatic heterocycles. The number of ether oxygens (including phenoxy) is 1. The van der Waals surface area contributed by atoms with E-state index in [-0.39, 0.29) is 0 Å². The monoisotopic (exact) mass is 218 g/mol. The Balaban J connectivity index is 2.71.